The van der Waals surface area contributed by atoms with Crippen LogP contribution < -0.4 is 10.1 Å². The molecule has 0 fully saturated rings. The van der Waals surface area contributed by atoms with Crippen LogP contribution in [0.15, 0.2) is 30.5 Å². The molecule has 0 spiro atoms. The van der Waals surface area contributed by atoms with Gasteiger partial charge in [-0.15, -0.1) is 0 Å². The Bertz CT molecular complexity index is 681. The van der Waals surface area contributed by atoms with Crippen LogP contribution in [0, 0.1) is 20.8 Å². The van der Waals surface area contributed by atoms with Crippen molar-refractivity contribution in [2.45, 2.75) is 34.1 Å². The molecule has 0 radical (unpaired) electrons. The average Bonchev–Trinajstić information content (AvgIpc) is 2.49. The second-order valence-corrected chi connectivity index (χ2v) is 5.33. The Morgan fingerprint density at radius 3 is 2.55 bits per heavy atom. The zero-order valence-electron chi connectivity index (χ0n) is 13.6. The number of carbonyl (C=O) groups excluding carboxylic acids is 1. The molecular weight excluding hydrogens is 276 g/mol. The smallest absolute Gasteiger partial charge is 0.230 e. The highest BCUT2D eigenvalue weighted by atomic mass is 16.5. The third-order valence-electron chi connectivity index (χ3n) is 3.58. The molecule has 2 aromatic rings. The largest absolute Gasteiger partial charge is 0.493 e. The van der Waals surface area contributed by atoms with E-state index in [4.69, 9.17) is 4.74 Å². The van der Waals surface area contributed by atoms with E-state index in [1.54, 1.807) is 6.20 Å². The molecule has 1 aromatic heterocycles. The summed E-state index contributed by atoms with van der Waals surface area (Å²) in [5, 5.41) is 2.87. The number of pyridine rings is 1. The summed E-state index contributed by atoms with van der Waals surface area (Å²) in [6.07, 6.45) is 1.95. The monoisotopic (exact) mass is 298 g/mol. The average molecular weight is 298 g/mol. The molecule has 0 atom stereocenters. The topological polar surface area (TPSA) is 51.2 Å². The molecule has 4 nitrogen and oxygen atoms in total. The van der Waals surface area contributed by atoms with Crippen molar-refractivity contribution in [3.05, 3.63) is 52.7 Å². The van der Waals surface area contributed by atoms with Gasteiger partial charge in [-0.3, -0.25) is 4.79 Å². The second-order valence-electron chi connectivity index (χ2n) is 5.33. The summed E-state index contributed by atoms with van der Waals surface area (Å²) in [5.74, 6) is 1.34. The highest BCUT2D eigenvalue weighted by Gasteiger charge is 2.15. The van der Waals surface area contributed by atoms with Crippen molar-refractivity contribution in [2.75, 3.05) is 11.9 Å². The lowest BCUT2D eigenvalue weighted by atomic mass is 10.0. The van der Waals surface area contributed by atoms with Crippen molar-refractivity contribution >= 4 is 11.7 Å². The molecule has 0 unspecified atom stereocenters. The van der Waals surface area contributed by atoms with Crippen LogP contribution in [0.3, 0.4) is 0 Å². The van der Waals surface area contributed by atoms with Gasteiger partial charge in [-0.1, -0.05) is 18.2 Å². The van der Waals surface area contributed by atoms with Gasteiger partial charge in [0.15, 0.2) is 0 Å². The number of aryl methyl sites for hydroxylation is 3. The van der Waals surface area contributed by atoms with Gasteiger partial charge in [-0.2, -0.15) is 0 Å². The van der Waals surface area contributed by atoms with E-state index in [1.807, 2.05) is 52.0 Å². The predicted octanol–water partition coefficient (Wildman–Crippen LogP) is 3.59. The van der Waals surface area contributed by atoms with Gasteiger partial charge < -0.3 is 10.1 Å². The number of hydrogen-bond donors (Lipinski definition) is 1. The van der Waals surface area contributed by atoms with Crippen LogP contribution in [0.1, 0.15) is 29.2 Å². The first kappa shape index (κ1) is 16.0. The quantitative estimate of drug-likeness (QED) is 0.917. The number of nitrogens with zero attached hydrogens (tertiary/aromatic N) is 1. The van der Waals surface area contributed by atoms with E-state index >= 15 is 0 Å². The fraction of sp³-hybridized carbons (Fsp3) is 0.333. The van der Waals surface area contributed by atoms with Crippen molar-refractivity contribution in [3.63, 3.8) is 0 Å². The van der Waals surface area contributed by atoms with Gasteiger partial charge in [0.05, 0.1) is 13.0 Å². The number of hydrogen-bond acceptors (Lipinski definition) is 3. The van der Waals surface area contributed by atoms with Crippen LogP contribution >= 0.6 is 0 Å². The maximum absolute atomic E-state index is 12.3. The Labute approximate surface area is 131 Å². The number of aromatic nitrogens is 1. The Morgan fingerprint density at radius 1 is 1.14 bits per heavy atom. The zero-order chi connectivity index (χ0) is 16.1. The van der Waals surface area contributed by atoms with Gasteiger partial charge in [0.25, 0.3) is 0 Å². The Balaban J connectivity index is 2.21. The van der Waals surface area contributed by atoms with Crippen LogP contribution in [0.5, 0.6) is 5.75 Å². The predicted molar refractivity (Wildman–Crippen MR) is 88.4 cm³/mol. The van der Waals surface area contributed by atoms with Crippen LogP contribution in [0.2, 0.25) is 0 Å². The van der Waals surface area contributed by atoms with E-state index in [1.165, 1.54) is 0 Å². The molecule has 1 N–H and O–H groups in total. The number of benzene rings is 1. The van der Waals surface area contributed by atoms with Crippen molar-refractivity contribution in [2.24, 2.45) is 0 Å². The fourth-order valence-electron chi connectivity index (χ4n) is 2.36. The summed E-state index contributed by atoms with van der Waals surface area (Å²) in [5.41, 5.74) is 3.99. The van der Waals surface area contributed by atoms with Crippen molar-refractivity contribution in [1.29, 1.82) is 0 Å². The van der Waals surface area contributed by atoms with Crippen molar-refractivity contribution in [1.82, 2.24) is 4.98 Å². The Kier molecular flexibility index (Phi) is 5.15. The van der Waals surface area contributed by atoms with E-state index in [9.17, 15) is 4.79 Å². The van der Waals surface area contributed by atoms with Crippen molar-refractivity contribution < 1.29 is 9.53 Å². The van der Waals surface area contributed by atoms with Gasteiger partial charge in [0, 0.05) is 11.8 Å². The fourth-order valence-corrected chi connectivity index (χ4v) is 2.36. The van der Waals surface area contributed by atoms with E-state index in [0.717, 1.165) is 28.0 Å². The summed E-state index contributed by atoms with van der Waals surface area (Å²) in [7, 11) is 0. The Hall–Kier alpha value is -2.36. The third-order valence-corrected chi connectivity index (χ3v) is 3.58. The zero-order valence-corrected chi connectivity index (χ0v) is 13.6. The first-order chi connectivity index (χ1) is 10.5. The van der Waals surface area contributed by atoms with Gasteiger partial charge in [0.1, 0.15) is 11.6 Å². The molecule has 4 heteroatoms. The molecule has 0 saturated heterocycles. The molecule has 0 aliphatic heterocycles. The molecule has 1 heterocycles. The summed E-state index contributed by atoms with van der Waals surface area (Å²) >= 11 is 0. The first-order valence-electron chi connectivity index (χ1n) is 7.46. The van der Waals surface area contributed by atoms with E-state index in [-0.39, 0.29) is 12.3 Å². The SMILES string of the molecule is CCOc1c(C)ccc(C)c1CC(=O)Nc1ncccc1C. The molecule has 1 aromatic carbocycles. The lowest BCUT2D eigenvalue weighted by Gasteiger charge is -2.15. The molecular formula is C18H22N2O2. The molecule has 0 aliphatic rings. The van der Waals surface area contributed by atoms with Gasteiger partial charge in [0.2, 0.25) is 5.91 Å². The minimum atomic E-state index is -0.0866. The van der Waals surface area contributed by atoms with Crippen molar-refractivity contribution in [3.8, 4) is 5.75 Å². The summed E-state index contributed by atoms with van der Waals surface area (Å²) in [4.78, 5) is 16.5. The van der Waals surface area contributed by atoms with E-state index in [0.29, 0.717) is 12.4 Å². The van der Waals surface area contributed by atoms with Gasteiger partial charge in [-0.05, 0) is 50.5 Å². The molecule has 0 saturated carbocycles. The summed E-state index contributed by atoms with van der Waals surface area (Å²) in [6.45, 7) is 8.44. The number of carbonyl (C=O) groups is 1. The maximum Gasteiger partial charge on any atom is 0.230 e. The minimum absolute atomic E-state index is 0.0866. The Morgan fingerprint density at radius 2 is 1.86 bits per heavy atom. The molecule has 1 amide bonds. The lowest BCUT2D eigenvalue weighted by Crippen LogP contribution is -2.17. The number of amides is 1. The summed E-state index contributed by atoms with van der Waals surface area (Å²) < 4.78 is 5.73. The van der Waals surface area contributed by atoms with E-state index < -0.39 is 0 Å². The highest BCUT2D eigenvalue weighted by Crippen LogP contribution is 2.27. The van der Waals surface area contributed by atoms with E-state index in [2.05, 4.69) is 10.3 Å². The number of ether oxygens (including phenoxy) is 1. The van der Waals surface area contributed by atoms with Crippen LogP contribution in [0.25, 0.3) is 0 Å². The summed E-state index contributed by atoms with van der Waals surface area (Å²) in [6, 6.07) is 7.81. The molecule has 0 bridgehead atoms. The third kappa shape index (κ3) is 3.64. The maximum atomic E-state index is 12.3. The molecule has 22 heavy (non-hydrogen) atoms. The standard InChI is InChI=1S/C18H22N2O2/c1-5-22-17-13(3)9-8-12(2)15(17)11-16(21)20-18-14(4)7-6-10-19-18/h6-10H,5,11H2,1-4H3,(H,19,20,21). The van der Waals surface area contributed by atoms with Gasteiger partial charge >= 0.3 is 0 Å². The van der Waals surface area contributed by atoms with Crippen LogP contribution in [-0.2, 0) is 11.2 Å². The molecule has 116 valence electrons. The number of anilines is 1. The second kappa shape index (κ2) is 7.07. The molecule has 0 aliphatic carbocycles. The van der Waals surface area contributed by atoms with Crippen LogP contribution in [-0.4, -0.2) is 17.5 Å². The highest BCUT2D eigenvalue weighted by molar-refractivity contribution is 5.92. The first-order valence-corrected chi connectivity index (χ1v) is 7.46. The normalized spacial score (nSPS) is 10.4. The van der Waals surface area contributed by atoms with Crippen LogP contribution in [0.4, 0.5) is 5.82 Å². The number of rotatable bonds is 5. The van der Waals surface area contributed by atoms with Gasteiger partial charge in [-0.25, -0.2) is 4.98 Å². The lowest BCUT2D eigenvalue weighted by molar-refractivity contribution is -0.115. The number of nitrogens with one attached hydrogen (secondary N) is 1. The minimum Gasteiger partial charge on any atom is -0.493 e. The molecule has 2 rings (SSSR count).